The van der Waals surface area contributed by atoms with Gasteiger partial charge in [0.1, 0.15) is 13.2 Å². The highest BCUT2D eigenvalue weighted by molar-refractivity contribution is 5.77. The fourth-order valence-corrected chi connectivity index (χ4v) is 0.566. The van der Waals surface area contributed by atoms with Gasteiger partial charge in [0.25, 0.3) is 0 Å². The highest BCUT2D eigenvalue weighted by Gasteiger charge is 2.13. The average Bonchev–Trinajstić information content (AvgIpc) is 2.13. The van der Waals surface area contributed by atoms with Crippen LogP contribution in [-0.2, 0) is 14.3 Å². The van der Waals surface area contributed by atoms with Gasteiger partial charge in [0.2, 0.25) is 0 Å². The molecular weight excluding hydrogens is 178 g/mol. The molecule has 0 rings (SSSR count). The molecule has 0 radical (unpaired) electrons. The summed E-state index contributed by atoms with van der Waals surface area (Å²) in [7, 11) is 2.63. The van der Waals surface area contributed by atoms with Crippen molar-refractivity contribution in [3.05, 3.63) is 0 Å². The van der Waals surface area contributed by atoms with Crippen molar-refractivity contribution in [3.8, 4) is 0 Å². The Balaban J connectivity index is 3.75. The Bertz CT molecular complexity index is 182. The summed E-state index contributed by atoms with van der Waals surface area (Å²) < 4.78 is 8.87. The molecule has 0 saturated heterocycles. The number of nitrogens with zero attached hydrogens (tertiary/aromatic N) is 1. The zero-order valence-corrected chi connectivity index (χ0v) is 7.65. The van der Waals surface area contributed by atoms with Crippen LogP contribution in [0.25, 0.3) is 0 Å². The maximum Gasteiger partial charge on any atom is 0.410 e. The molecule has 76 valence electrons. The first-order chi connectivity index (χ1) is 6.11. The summed E-state index contributed by atoms with van der Waals surface area (Å²) in [6, 6.07) is 0. The molecule has 0 saturated carbocycles. The van der Waals surface area contributed by atoms with Gasteiger partial charge in [0.05, 0.1) is 13.7 Å². The predicted molar refractivity (Wildman–Crippen MR) is 43.1 cm³/mol. The number of hydrogen-bond donors (Lipinski definition) is 1. The molecule has 13 heavy (non-hydrogen) atoms. The molecule has 6 heteroatoms. The first-order valence-electron chi connectivity index (χ1n) is 3.67. The number of carbonyl (C=O) groups is 2. The Labute approximate surface area is 76.0 Å². The van der Waals surface area contributed by atoms with Crippen molar-refractivity contribution in [2.45, 2.75) is 0 Å². The maximum atomic E-state index is 10.9. The van der Waals surface area contributed by atoms with Gasteiger partial charge in [0.15, 0.2) is 0 Å². The van der Waals surface area contributed by atoms with Gasteiger partial charge in [-0.05, 0) is 0 Å². The van der Waals surface area contributed by atoms with Crippen molar-refractivity contribution in [3.63, 3.8) is 0 Å². The van der Waals surface area contributed by atoms with E-state index in [1.807, 2.05) is 0 Å². The van der Waals surface area contributed by atoms with Gasteiger partial charge in [0, 0.05) is 7.05 Å². The quantitative estimate of drug-likeness (QED) is 0.590. The van der Waals surface area contributed by atoms with E-state index in [0.29, 0.717) is 0 Å². The smallest absolute Gasteiger partial charge is 0.410 e. The number of methoxy groups -OCH3 is 1. The van der Waals surface area contributed by atoms with Gasteiger partial charge in [-0.3, -0.25) is 4.79 Å². The Morgan fingerprint density at radius 3 is 2.54 bits per heavy atom. The van der Waals surface area contributed by atoms with Crippen LogP contribution in [0.5, 0.6) is 0 Å². The summed E-state index contributed by atoms with van der Waals surface area (Å²) in [6.45, 7) is -0.483. The van der Waals surface area contributed by atoms with Gasteiger partial charge >= 0.3 is 12.1 Å². The fraction of sp³-hybridized carbons (Fsp3) is 0.714. The van der Waals surface area contributed by atoms with E-state index in [1.165, 1.54) is 14.2 Å². The molecule has 0 aliphatic heterocycles. The summed E-state index contributed by atoms with van der Waals surface area (Å²) in [5.74, 6) is -0.525. The molecule has 0 unspecified atom stereocenters. The molecular formula is C7H13NO5. The number of amides is 1. The first kappa shape index (κ1) is 11.7. The number of rotatable bonds is 4. The van der Waals surface area contributed by atoms with Gasteiger partial charge in [-0.2, -0.15) is 0 Å². The third kappa shape index (κ3) is 5.02. The molecule has 0 aliphatic rings. The van der Waals surface area contributed by atoms with E-state index in [1.54, 1.807) is 0 Å². The Hall–Kier alpha value is -1.30. The molecule has 0 fully saturated rings. The fourth-order valence-electron chi connectivity index (χ4n) is 0.566. The van der Waals surface area contributed by atoms with Crippen LogP contribution in [-0.4, -0.2) is 56.0 Å². The Kier molecular flexibility index (Phi) is 5.62. The maximum absolute atomic E-state index is 10.9. The van der Waals surface area contributed by atoms with E-state index in [4.69, 9.17) is 5.11 Å². The number of esters is 1. The van der Waals surface area contributed by atoms with Crippen molar-refractivity contribution in [1.29, 1.82) is 0 Å². The standard InChI is InChI=1S/C7H13NO5/c1-8(5-6(10)12-2)7(11)13-4-3-9/h9H,3-5H2,1-2H3. The molecule has 6 nitrogen and oxygen atoms in total. The lowest BCUT2D eigenvalue weighted by molar-refractivity contribution is -0.141. The van der Waals surface area contributed by atoms with Crippen molar-refractivity contribution in [2.75, 3.05) is 33.9 Å². The zero-order valence-electron chi connectivity index (χ0n) is 7.65. The third-order valence-electron chi connectivity index (χ3n) is 1.22. The summed E-state index contributed by atoms with van der Waals surface area (Å²) in [4.78, 5) is 22.7. The minimum atomic E-state index is -0.667. The monoisotopic (exact) mass is 191 g/mol. The highest BCUT2D eigenvalue weighted by atomic mass is 16.6. The van der Waals surface area contributed by atoms with Crippen LogP contribution in [0.15, 0.2) is 0 Å². The van der Waals surface area contributed by atoms with Crippen molar-refractivity contribution >= 4 is 12.1 Å². The molecule has 0 bridgehead atoms. The van der Waals surface area contributed by atoms with Crippen LogP contribution in [0.2, 0.25) is 0 Å². The number of aliphatic hydroxyl groups excluding tert-OH is 1. The van der Waals surface area contributed by atoms with Crippen molar-refractivity contribution in [1.82, 2.24) is 4.90 Å². The molecule has 1 amide bonds. The molecule has 0 aromatic carbocycles. The number of carbonyl (C=O) groups excluding carboxylic acids is 2. The SMILES string of the molecule is COC(=O)CN(C)C(=O)OCCO. The van der Waals surface area contributed by atoms with Crippen LogP contribution >= 0.6 is 0 Å². The lowest BCUT2D eigenvalue weighted by Gasteiger charge is -2.14. The van der Waals surface area contributed by atoms with Crippen LogP contribution in [0.3, 0.4) is 0 Å². The third-order valence-corrected chi connectivity index (χ3v) is 1.22. The normalized spacial score (nSPS) is 9.15. The number of ether oxygens (including phenoxy) is 2. The van der Waals surface area contributed by atoms with Crippen LogP contribution in [0.4, 0.5) is 4.79 Å². The second kappa shape index (κ2) is 6.24. The molecule has 1 N–H and O–H groups in total. The van der Waals surface area contributed by atoms with E-state index < -0.39 is 12.1 Å². The predicted octanol–water partition coefficient (Wildman–Crippen LogP) is -0.780. The Morgan fingerprint density at radius 1 is 1.46 bits per heavy atom. The number of hydrogen-bond acceptors (Lipinski definition) is 5. The van der Waals surface area contributed by atoms with Crippen LogP contribution in [0, 0.1) is 0 Å². The number of aliphatic hydroxyl groups is 1. The molecule has 0 aliphatic carbocycles. The average molecular weight is 191 g/mol. The summed E-state index contributed by atoms with van der Waals surface area (Å²) in [5, 5.41) is 8.34. The lowest BCUT2D eigenvalue weighted by atomic mass is 10.6. The van der Waals surface area contributed by atoms with Gasteiger partial charge in [-0.15, -0.1) is 0 Å². The van der Waals surface area contributed by atoms with Crippen molar-refractivity contribution < 1.29 is 24.2 Å². The van der Waals surface area contributed by atoms with Crippen LogP contribution in [0.1, 0.15) is 0 Å². The second-order valence-corrected chi connectivity index (χ2v) is 2.27. The van der Waals surface area contributed by atoms with E-state index >= 15 is 0 Å². The molecule has 0 atom stereocenters. The minimum Gasteiger partial charge on any atom is -0.468 e. The lowest BCUT2D eigenvalue weighted by Crippen LogP contribution is -2.33. The zero-order chi connectivity index (χ0) is 10.3. The minimum absolute atomic E-state index is 0.0790. The summed E-state index contributed by atoms with van der Waals surface area (Å²) >= 11 is 0. The molecule has 0 aromatic heterocycles. The van der Waals surface area contributed by atoms with E-state index in [2.05, 4.69) is 9.47 Å². The largest absolute Gasteiger partial charge is 0.468 e. The molecule has 0 spiro atoms. The van der Waals surface area contributed by atoms with Gasteiger partial charge in [-0.1, -0.05) is 0 Å². The summed E-state index contributed by atoms with van der Waals surface area (Å²) in [5.41, 5.74) is 0. The molecule has 0 aromatic rings. The second-order valence-electron chi connectivity index (χ2n) is 2.27. The first-order valence-corrected chi connectivity index (χ1v) is 3.67. The number of likely N-dealkylation sites (N-methyl/N-ethyl adjacent to an activating group) is 1. The van der Waals surface area contributed by atoms with Gasteiger partial charge in [-0.25, -0.2) is 4.79 Å². The summed E-state index contributed by atoms with van der Waals surface area (Å²) in [6.07, 6.45) is -0.667. The van der Waals surface area contributed by atoms with E-state index in [-0.39, 0.29) is 19.8 Å². The topological polar surface area (TPSA) is 76.1 Å². The van der Waals surface area contributed by atoms with E-state index in [0.717, 1.165) is 4.90 Å². The van der Waals surface area contributed by atoms with Gasteiger partial charge < -0.3 is 19.5 Å². The van der Waals surface area contributed by atoms with Crippen molar-refractivity contribution in [2.24, 2.45) is 0 Å². The highest BCUT2D eigenvalue weighted by Crippen LogP contribution is 1.90. The van der Waals surface area contributed by atoms with E-state index in [9.17, 15) is 9.59 Å². The van der Waals surface area contributed by atoms with Crippen LogP contribution < -0.4 is 0 Å². The Morgan fingerprint density at radius 2 is 2.08 bits per heavy atom. The molecule has 0 heterocycles.